The van der Waals surface area contributed by atoms with E-state index in [-0.39, 0.29) is 5.82 Å². The van der Waals surface area contributed by atoms with E-state index < -0.39 is 0 Å². The maximum atomic E-state index is 14.2. The van der Waals surface area contributed by atoms with Crippen LogP contribution in [0.3, 0.4) is 0 Å². The van der Waals surface area contributed by atoms with Gasteiger partial charge in [-0.2, -0.15) is 5.10 Å². The zero-order valence-electron chi connectivity index (χ0n) is 12.5. The molecule has 6 heteroatoms. The van der Waals surface area contributed by atoms with Gasteiger partial charge in [0, 0.05) is 5.56 Å². The number of halogens is 1. The van der Waals surface area contributed by atoms with Crippen molar-refractivity contribution in [2.45, 2.75) is 20.8 Å². The Bertz CT molecular complexity index is 944. The van der Waals surface area contributed by atoms with E-state index in [0.29, 0.717) is 28.1 Å². The fraction of sp³-hybridized carbons (Fsp3) is 0.188. The molecular formula is C16H14FN5. The molecule has 22 heavy (non-hydrogen) atoms. The first-order valence-electron chi connectivity index (χ1n) is 7.01. The highest BCUT2D eigenvalue weighted by molar-refractivity contribution is 5.82. The highest BCUT2D eigenvalue weighted by atomic mass is 19.1. The zero-order chi connectivity index (χ0) is 15.4. The molecule has 0 aliphatic heterocycles. The maximum Gasteiger partial charge on any atom is 0.156 e. The summed E-state index contributed by atoms with van der Waals surface area (Å²) < 4.78 is 16.0. The maximum absolute atomic E-state index is 14.2. The molecule has 3 heterocycles. The molecule has 5 nitrogen and oxygen atoms in total. The van der Waals surface area contributed by atoms with Gasteiger partial charge in [-0.1, -0.05) is 0 Å². The number of nitrogens with one attached hydrogen (secondary N) is 1. The van der Waals surface area contributed by atoms with Gasteiger partial charge in [0.15, 0.2) is 11.5 Å². The van der Waals surface area contributed by atoms with Crippen LogP contribution in [0.1, 0.15) is 17.1 Å². The third-order valence-electron chi connectivity index (χ3n) is 3.68. The van der Waals surface area contributed by atoms with Crippen LogP contribution in [0.5, 0.6) is 0 Å². The van der Waals surface area contributed by atoms with Crippen molar-refractivity contribution < 1.29 is 4.39 Å². The molecule has 0 aliphatic rings. The van der Waals surface area contributed by atoms with E-state index in [1.165, 1.54) is 6.07 Å². The molecule has 4 aromatic rings. The summed E-state index contributed by atoms with van der Waals surface area (Å²) in [7, 11) is 0. The van der Waals surface area contributed by atoms with Crippen LogP contribution in [-0.2, 0) is 0 Å². The van der Waals surface area contributed by atoms with E-state index in [1.54, 1.807) is 4.52 Å². The van der Waals surface area contributed by atoms with Gasteiger partial charge >= 0.3 is 0 Å². The minimum Gasteiger partial charge on any atom is -0.342 e. The van der Waals surface area contributed by atoms with E-state index in [9.17, 15) is 4.39 Å². The predicted octanol–water partition coefficient (Wildman–Crippen LogP) is 3.34. The number of aromatic amines is 1. The number of rotatable bonds is 1. The van der Waals surface area contributed by atoms with Crippen LogP contribution in [0.4, 0.5) is 4.39 Å². The minimum atomic E-state index is -0.349. The molecule has 0 spiro atoms. The van der Waals surface area contributed by atoms with E-state index in [0.717, 1.165) is 16.9 Å². The van der Waals surface area contributed by atoms with Gasteiger partial charge in [-0.25, -0.2) is 18.9 Å². The van der Waals surface area contributed by atoms with Crippen LogP contribution in [0.2, 0.25) is 0 Å². The van der Waals surface area contributed by atoms with E-state index in [2.05, 4.69) is 20.1 Å². The summed E-state index contributed by atoms with van der Waals surface area (Å²) in [4.78, 5) is 11.6. The molecule has 0 radical (unpaired) electrons. The van der Waals surface area contributed by atoms with Crippen LogP contribution in [0.25, 0.3) is 27.9 Å². The molecule has 4 rings (SSSR count). The van der Waals surface area contributed by atoms with Crippen molar-refractivity contribution >= 4 is 16.7 Å². The smallest absolute Gasteiger partial charge is 0.156 e. The summed E-state index contributed by atoms with van der Waals surface area (Å²) in [5.41, 5.74) is 5.17. The second kappa shape index (κ2) is 4.37. The summed E-state index contributed by atoms with van der Waals surface area (Å²) in [5, 5.41) is 4.54. The molecule has 0 atom stereocenters. The average Bonchev–Trinajstić information content (AvgIpc) is 3.00. The summed E-state index contributed by atoms with van der Waals surface area (Å²) in [6.45, 7) is 5.71. The fourth-order valence-electron chi connectivity index (χ4n) is 2.73. The van der Waals surface area contributed by atoms with Crippen molar-refractivity contribution in [3.63, 3.8) is 0 Å². The summed E-state index contributed by atoms with van der Waals surface area (Å²) in [5.74, 6) is 0.342. The molecular weight excluding hydrogens is 281 g/mol. The Labute approximate surface area is 125 Å². The lowest BCUT2D eigenvalue weighted by Crippen LogP contribution is -1.96. The molecule has 0 unspecified atom stereocenters. The Kier molecular flexibility index (Phi) is 2.57. The molecule has 1 aromatic carbocycles. The van der Waals surface area contributed by atoms with Crippen molar-refractivity contribution in [1.82, 2.24) is 24.6 Å². The summed E-state index contributed by atoms with van der Waals surface area (Å²) in [6, 6.07) is 5.27. The highest BCUT2D eigenvalue weighted by Crippen LogP contribution is 2.26. The Morgan fingerprint density at radius 3 is 2.73 bits per heavy atom. The topological polar surface area (TPSA) is 58.9 Å². The molecule has 0 amide bonds. The second-order valence-electron chi connectivity index (χ2n) is 5.54. The third kappa shape index (κ3) is 1.88. The van der Waals surface area contributed by atoms with Gasteiger partial charge < -0.3 is 4.98 Å². The van der Waals surface area contributed by atoms with Crippen LogP contribution in [0.15, 0.2) is 24.4 Å². The minimum absolute atomic E-state index is 0.349. The van der Waals surface area contributed by atoms with E-state index >= 15 is 0 Å². The lowest BCUT2D eigenvalue weighted by molar-refractivity contribution is 0.637. The van der Waals surface area contributed by atoms with Gasteiger partial charge in [-0.05, 0) is 44.5 Å². The van der Waals surface area contributed by atoms with Crippen LogP contribution in [0, 0.1) is 26.6 Å². The lowest BCUT2D eigenvalue weighted by Gasteiger charge is -2.05. The number of benzene rings is 1. The van der Waals surface area contributed by atoms with Crippen LogP contribution in [-0.4, -0.2) is 24.6 Å². The van der Waals surface area contributed by atoms with Gasteiger partial charge in [-0.15, -0.1) is 0 Å². The Balaban J connectivity index is 1.97. The Morgan fingerprint density at radius 1 is 1.09 bits per heavy atom. The Morgan fingerprint density at radius 2 is 1.91 bits per heavy atom. The number of aryl methyl sites for hydroxylation is 3. The molecule has 110 valence electrons. The number of aromatic nitrogens is 5. The quantitative estimate of drug-likeness (QED) is 0.586. The molecule has 0 saturated carbocycles. The SMILES string of the molecule is Cc1cn2nc(-c3cc(F)c4nc(C)[nH]c4c3)cc(C)c2n1. The number of fused-ring (bicyclic) bond motifs is 2. The highest BCUT2D eigenvalue weighted by Gasteiger charge is 2.12. The molecule has 0 bridgehead atoms. The van der Waals surface area contributed by atoms with Gasteiger partial charge in [0.25, 0.3) is 0 Å². The van der Waals surface area contributed by atoms with E-state index in [4.69, 9.17) is 0 Å². The molecule has 0 aliphatic carbocycles. The van der Waals surface area contributed by atoms with Crippen molar-refractivity contribution in [3.8, 4) is 11.3 Å². The van der Waals surface area contributed by atoms with Gasteiger partial charge in [0.1, 0.15) is 11.3 Å². The van der Waals surface area contributed by atoms with Gasteiger partial charge in [-0.3, -0.25) is 0 Å². The van der Waals surface area contributed by atoms with Crippen molar-refractivity contribution in [2.75, 3.05) is 0 Å². The first-order valence-corrected chi connectivity index (χ1v) is 7.01. The first kappa shape index (κ1) is 12.9. The van der Waals surface area contributed by atoms with E-state index in [1.807, 2.05) is 39.1 Å². The van der Waals surface area contributed by atoms with Crippen molar-refractivity contribution in [1.29, 1.82) is 0 Å². The molecule has 0 fully saturated rings. The fourth-order valence-corrected chi connectivity index (χ4v) is 2.73. The summed E-state index contributed by atoms with van der Waals surface area (Å²) in [6.07, 6.45) is 1.86. The standard InChI is InChI=1S/C16H14FN5/c1-8-4-13(21-22-7-9(2)18-16(8)22)11-5-12(17)15-14(6-11)19-10(3)20-15/h4-7H,1-3H3,(H,19,20). The molecule has 3 aromatic heterocycles. The Hall–Kier alpha value is -2.76. The number of H-pyrrole nitrogens is 1. The van der Waals surface area contributed by atoms with Gasteiger partial charge in [0.05, 0.1) is 23.1 Å². The second-order valence-corrected chi connectivity index (χ2v) is 5.54. The number of hydrogen-bond donors (Lipinski definition) is 1. The van der Waals surface area contributed by atoms with Crippen LogP contribution < -0.4 is 0 Å². The monoisotopic (exact) mass is 295 g/mol. The molecule has 1 N–H and O–H groups in total. The normalized spacial score (nSPS) is 11.6. The number of imidazole rings is 2. The van der Waals surface area contributed by atoms with Crippen molar-refractivity contribution in [2.24, 2.45) is 0 Å². The average molecular weight is 295 g/mol. The largest absolute Gasteiger partial charge is 0.342 e. The number of hydrogen-bond acceptors (Lipinski definition) is 3. The molecule has 0 saturated heterocycles. The van der Waals surface area contributed by atoms with Crippen LogP contribution >= 0.6 is 0 Å². The third-order valence-corrected chi connectivity index (χ3v) is 3.68. The predicted molar refractivity (Wildman–Crippen MR) is 82.2 cm³/mol. The summed E-state index contributed by atoms with van der Waals surface area (Å²) >= 11 is 0. The van der Waals surface area contributed by atoms with Gasteiger partial charge in [0.2, 0.25) is 0 Å². The zero-order valence-corrected chi connectivity index (χ0v) is 12.5. The van der Waals surface area contributed by atoms with Crippen molar-refractivity contribution in [3.05, 3.63) is 47.3 Å². The first-order chi connectivity index (χ1) is 10.5. The number of nitrogens with zero attached hydrogens (tertiary/aromatic N) is 4. The lowest BCUT2D eigenvalue weighted by atomic mass is 10.1.